The maximum absolute atomic E-state index is 12.8. The van der Waals surface area contributed by atoms with Gasteiger partial charge in [-0.1, -0.05) is 41.9 Å². The molecule has 1 aromatic heterocycles. The van der Waals surface area contributed by atoms with E-state index in [9.17, 15) is 26.3 Å². The Bertz CT molecular complexity index is 1420. The maximum Gasteiger partial charge on any atom is 0.573 e. The third kappa shape index (κ3) is 5.13. The van der Waals surface area contributed by atoms with E-state index in [1.165, 1.54) is 34.9 Å². The van der Waals surface area contributed by atoms with E-state index in [2.05, 4.69) is 15.6 Å². The molecule has 4 aromatic rings. The number of terminal acetylenes is 1. The summed E-state index contributed by atoms with van der Waals surface area (Å²) in [5.41, 5.74) is 2.56. The molecule has 0 fully saturated rings. The van der Waals surface area contributed by atoms with Crippen molar-refractivity contribution < 1.29 is 31.1 Å². The Morgan fingerprint density at radius 1 is 0.941 bits per heavy atom. The summed E-state index contributed by atoms with van der Waals surface area (Å²) < 4.78 is 81.5. The molecular weight excluding hydrogens is 482 g/mol. The van der Waals surface area contributed by atoms with Gasteiger partial charge >= 0.3 is 12.5 Å². The average molecular weight is 495 g/mol. The van der Waals surface area contributed by atoms with Gasteiger partial charge in [-0.05, 0) is 52.9 Å². The number of alkyl halides is 6. The molecule has 0 atom stereocenters. The zero-order valence-electron chi connectivity index (χ0n) is 17.0. The Morgan fingerprint density at radius 3 is 2.32 bits per heavy atom. The second kappa shape index (κ2) is 8.61. The van der Waals surface area contributed by atoms with Crippen molar-refractivity contribution in [3.63, 3.8) is 0 Å². The molecule has 0 aliphatic rings. The van der Waals surface area contributed by atoms with E-state index in [1.54, 1.807) is 24.3 Å². The van der Waals surface area contributed by atoms with Crippen LogP contribution < -0.4 is 4.74 Å². The molecule has 0 spiro atoms. The van der Waals surface area contributed by atoms with Crippen LogP contribution >= 0.6 is 11.6 Å². The molecule has 3 aromatic carbocycles. The fourth-order valence-electron chi connectivity index (χ4n) is 3.54. The van der Waals surface area contributed by atoms with Crippen LogP contribution in [0.5, 0.6) is 5.75 Å². The topological polar surface area (TPSA) is 27.1 Å². The van der Waals surface area contributed by atoms with E-state index in [-0.39, 0.29) is 16.4 Å². The average Bonchev–Trinajstić information content (AvgIpc) is 3.11. The largest absolute Gasteiger partial charge is 0.573 e. The lowest BCUT2D eigenvalue weighted by Crippen LogP contribution is -2.17. The Labute approximate surface area is 194 Å². The SMILES string of the molecule is C#Cc1nc2ccc(-c3cccc(CC(F)(F)F)c3)cc2n1-c1ccc(OC(F)(F)F)c(Cl)c1. The number of benzene rings is 3. The standard InChI is InChI=1S/C24H13ClF6N2O/c1-2-22-32-19-8-6-16(15-5-3-4-14(10-15)13-23(26,27)28)11-20(19)33(22)17-7-9-21(18(25)12-17)34-24(29,30)31/h1,3-12H,13H2. The van der Waals surface area contributed by atoms with Crippen LogP contribution in [0.1, 0.15) is 11.4 Å². The molecule has 0 amide bonds. The van der Waals surface area contributed by atoms with Crippen molar-refractivity contribution in [2.75, 3.05) is 0 Å². The molecule has 174 valence electrons. The zero-order valence-corrected chi connectivity index (χ0v) is 17.8. The molecule has 10 heteroatoms. The van der Waals surface area contributed by atoms with Crippen molar-refractivity contribution in [1.82, 2.24) is 9.55 Å². The van der Waals surface area contributed by atoms with Gasteiger partial charge in [0.1, 0.15) is 5.75 Å². The number of fused-ring (bicyclic) bond motifs is 1. The molecule has 0 radical (unpaired) electrons. The fraction of sp³-hybridized carbons (Fsp3) is 0.125. The Kier molecular flexibility index (Phi) is 5.96. The van der Waals surface area contributed by atoms with Crippen LogP contribution in [-0.2, 0) is 6.42 Å². The third-order valence-electron chi connectivity index (χ3n) is 4.85. The van der Waals surface area contributed by atoms with E-state index in [4.69, 9.17) is 18.0 Å². The molecular formula is C24H13ClF6N2O. The molecule has 0 N–H and O–H groups in total. The van der Waals surface area contributed by atoms with Gasteiger partial charge in [0.25, 0.3) is 0 Å². The highest BCUT2D eigenvalue weighted by Crippen LogP contribution is 2.34. The van der Waals surface area contributed by atoms with E-state index < -0.39 is 24.7 Å². The van der Waals surface area contributed by atoms with Crippen LogP contribution in [0, 0.1) is 12.3 Å². The minimum Gasteiger partial charge on any atom is -0.404 e. The first-order valence-electron chi connectivity index (χ1n) is 9.64. The van der Waals surface area contributed by atoms with Crippen molar-refractivity contribution in [2.24, 2.45) is 0 Å². The summed E-state index contributed by atoms with van der Waals surface area (Å²) in [6.45, 7) is 0. The summed E-state index contributed by atoms with van der Waals surface area (Å²) in [7, 11) is 0. The molecule has 34 heavy (non-hydrogen) atoms. The second-order valence-corrected chi connectivity index (χ2v) is 7.68. The van der Waals surface area contributed by atoms with Crippen molar-refractivity contribution in [3.05, 3.63) is 77.1 Å². The molecule has 0 aliphatic heterocycles. The number of ether oxygens (including phenoxy) is 1. The van der Waals surface area contributed by atoms with Gasteiger partial charge in [0.15, 0.2) is 5.82 Å². The monoisotopic (exact) mass is 494 g/mol. The Hall–Kier alpha value is -3.64. The van der Waals surface area contributed by atoms with Gasteiger partial charge in [-0.15, -0.1) is 19.6 Å². The number of nitrogens with zero attached hydrogens (tertiary/aromatic N) is 2. The van der Waals surface area contributed by atoms with E-state index >= 15 is 0 Å². The first-order chi connectivity index (χ1) is 15.9. The number of hydrogen-bond donors (Lipinski definition) is 0. The minimum atomic E-state index is -4.91. The smallest absolute Gasteiger partial charge is 0.404 e. The van der Waals surface area contributed by atoms with E-state index in [1.807, 2.05) is 0 Å². The quantitative estimate of drug-likeness (QED) is 0.219. The summed E-state index contributed by atoms with van der Waals surface area (Å²) in [4.78, 5) is 4.34. The van der Waals surface area contributed by atoms with Crippen molar-refractivity contribution in [3.8, 4) is 34.9 Å². The third-order valence-corrected chi connectivity index (χ3v) is 5.14. The van der Waals surface area contributed by atoms with Crippen LogP contribution in [0.3, 0.4) is 0 Å². The second-order valence-electron chi connectivity index (χ2n) is 7.27. The van der Waals surface area contributed by atoms with Crippen molar-refractivity contribution in [2.45, 2.75) is 19.0 Å². The predicted molar refractivity (Wildman–Crippen MR) is 116 cm³/mol. The molecule has 0 bridgehead atoms. The molecule has 3 nitrogen and oxygen atoms in total. The van der Waals surface area contributed by atoms with Gasteiger partial charge in [-0.25, -0.2) is 4.98 Å². The summed E-state index contributed by atoms with van der Waals surface area (Å²) >= 11 is 5.99. The lowest BCUT2D eigenvalue weighted by Gasteiger charge is -2.13. The number of aromatic nitrogens is 2. The van der Waals surface area contributed by atoms with Gasteiger partial charge < -0.3 is 4.74 Å². The van der Waals surface area contributed by atoms with Gasteiger partial charge in [0.2, 0.25) is 0 Å². The first kappa shape index (κ1) is 23.5. The minimum absolute atomic E-state index is 0.106. The fourth-order valence-corrected chi connectivity index (χ4v) is 3.75. The molecule has 0 saturated carbocycles. The molecule has 0 aliphatic carbocycles. The highest BCUT2D eigenvalue weighted by atomic mass is 35.5. The van der Waals surface area contributed by atoms with Crippen molar-refractivity contribution >= 4 is 22.6 Å². The lowest BCUT2D eigenvalue weighted by atomic mass is 10.0. The van der Waals surface area contributed by atoms with Crippen LogP contribution in [0.25, 0.3) is 27.8 Å². The van der Waals surface area contributed by atoms with Crippen LogP contribution in [0.4, 0.5) is 26.3 Å². The van der Waals surface area contributed by atoms with Crippen LogP contribution in [0.2, 0.25) is 5.02 Å². The predicted octanol–water partition coefficient (Wildman–Crippen LogP) is 7.33. The van der Waals surface area contributed by atoms with E-state index in [0.717, 1.165) is 6.07 Å². The summed E-state index contributed by atoms with van der Waals surface area (Å²) in [6, 6.07) is 14.7. The van der Waals surface area contributed by atoms with Crippen molar-refractivity contribution in [1.29, 1.82) is 0 Å². The number of imidazole rings is 1. The zero-order chi connectivity index (χ0) is 24.7. The highest BCUT2D eigenvalue weighted by Gasteiger charge is 2.32. The summed E-state index contributed by atoms with van der Waals surface area (Å²) in [5.74, 6) is 2.01. The van der Waals surface area contributed by atoms with Gasteiger partial charge in [0.05, 0.1) is 28.2 Å². The molecule has 4 rings (SSSR count). The van der Waals surface area contributed by atoms with Gasteiger partial charge in [-0.2, -0.15) is 13.2 Å². The molecule has 0 unspecified atom stereocenters. The lowest BCUT2D eigenvalue weighted by molar-refractivity contribution is -0.274. The summed E-state index contributed by atoms with van der Waals surface area (Å²) in [5, 5.41) is -0.296. The summed E-state index contributed by atoms with van der Waals surface area (Å²) in [6.07, 6.45) is -4.73. The normalized spacial score (nSPS) is 12.1. The number of halogens is 7. The van der Waals surface area contributed by atoms with Crippen LogP contribution in [0.15, 0.2) is 60.7 Å². The maximum atomic E-state index is 12.8. The van der Waals surface area contributed by atoms with Crippen LogP contribution in [-0.4, -0.2) is 22.1 Å². The van der Waals surface area contributed by atoms with E-state index in [0.29, 0.717) is 27.8 Å². The number of rotatable bonds is 4. The van der Waals surface area contributed by atoms with Gasteiger partial charge in [0, 0.05) is 0 Å². The molecule has 1 heterocycles. The molecule has 0 saturated heterocycles. The Balaban J connectivity index is 1.81. The Morgan fingerprint density at radius 2 is 1.68 bits per heavy atom. The van der Waals surface area contributed by atoms with Gasteiger partial charge in [-0.3, -0.25) is 4.57 Å². The number of hydrogen-bond acceptors (Lipinski definition) is 2. The highest BCUT2D eigenvalue weighted by molar-refractivity contribution is 6.32. The first-order valence-corrected chi connectivity index (χ1v) is 10.0.